The molecule has 6 nitrogen and oxygen atoms in total. The number of nitrogens with zero attached hydrogens (tertiary/aromatic N) is 1. The summed E-state index contributed by atoms with van der Waals surface area (Å²) in [5.74, 6) is 1.78. The van der Waals surface area contributed by atoms with Gasteiger partial charge in [-0.1, -0.05) is 17.7 Å². The third-order valence-corrected chi connectivity index (χ3v) is 4.23. The lowest BCUT2D eigenvalue weighted by Crippen LogP contribution is -2.38. The van der Waals surface area contributed by atoms with Gasteiger partial charge < -0.3 is 24.8 Å². The van der Waals surface area contributed by atoms with Crippen molar-refractivity contribution in [2.24, 2.45) is 4.99 Å². The molecule has 26 heavy (non-hydrogen) atoms. The Morgan fingerprint density at radius 2 is 1.88 bits per heavy atom. The van der Waals surface area contributed by atoms with Crippen LogP contribution in [0.5, 0.6) is 5.75 Å². The summed E-state index contributed by atoms with van der Waals surface area (Å²) in [6.45, 7) is 6.87. The number of benzene rings is 1. The molecule has 2 rings (SSSR count). The average molecular weight is 364 g/mol. The number of guanidine groups is 1. The van der Waals surface area contributed by atoms with E-state index in [0.717, 1.165) is 76.9 Å². The summed E-state index contributed by atoms with van der Waals surface area (Å²) < 4.78 is 16.8. The Morgan fingerprint density at radius 3 is 2.58 bits per heavy atom. The van der Waals surface area contributed by atoms with Gasteiger partial charge in [-0.05, 0) is 44.7 Å². The molecule has 6 heteroatoms. The number of hydrogen-bond acceptors (Lipinski definition) is 4. The monoisotopic (exact) mass is 363 g/mol. The Balaban J connectivity index is 1.43. The van der Waals surface area contributed by atoms with E-state index in [2.05, 4.69) is 34.7 Å². The minimum absolute atomic E-state index is 0.287. The minimum atomic E-state index is 0.287. The normalized spacial score (nSPS) is 17.3. The van der Waals surface area contributed by atoms with Gasteiger partial charge in [0.1, 0.15) is 5.75 Å². The van der Waals surface area contributed by atoms with Crippen LogP contribution in [0.3, 0.4) is 0 Å². The van der Waals surface area contributed by atoms with Crippen LogP contribution >= 0.6 is 0 Å². The maximum Gasteiger partial charge on any atom is 0.190 e. The van der Waals surface area contributed by atoms with E-state index in [9.17, 15) is 0 Å². The summed E-state index contributed by atoms with van der Waals surface area (Å²) in [6.07, 6.45) is 4.31. The van der Waals surface area contributed by atoms with Crippen molar-refractivity contribution in [2.75, 3.05) is 46.6 Å². The quantitative estimate of drug-likeness (QED) is 0.359. The molecular weight excluding hydrogens is 330 g/mol. The first-order valence-corrected chi connectivity index (χ1v) is 9.61. The second-order valence-corrected chi connectivity index (χ2v) is 6.50. The molecule has 0 saturated carbocycles. The van der Waals surface area contributed by atoms with Crippen molar-refractivity contribution in [1.29, 1.82) is 0 Å². The minimum Gasteiger partial charge on any atom is -0.494 e. The molecule has 0 radical (unpaired) electrons. The highest BCUT2D eigenvalue weighted by Crippen LogP contribution is 2.11. The first-order chi connectivity index (χ1) is 12.8. The van der Waals surface area contributed by atoms with Crippen LogP contribution in [0.25, 0.3) is 0 Å². The highest BCUT2D eigenvalue weighted by Gasteiger charge is 2.15. The molecule has 1 heterocycles. The van der Waals surface area contributed by atoms with E-state index < -0.39 is 0 Å². The summed E-state index contributed by atoms with van der Waals surface area (Å²) in [4.78, 5) is 4.24. The second kappa shape index (κ2) is 12.5. The standard InChI is InChI=1S/C20H33N3O3/c1-17-6-8-18(9-7-17)25-13-4-3-11-22-20(21-2)23-12-5-14-26-19-10-15-24-16-19/h6-9,19H,3-5,10-16H2,1-2H3,(H2,21,22,23). The molecule has 0 amide bonds. The van der Waals surface area contributed by atoms with E-state index in [0.29, 0.717) is 0 Å². The van der Waals surface area contributed by atoms with Crippen molar-refractivity contribution < 1.29 is 14.2 Å². The van der Waals surface area contributed by atoms with E-state index in [-0.39, 0.29) is 6.10 Å². The van der Waals surface area contributed by atoms with Crippen LogP contribution in [0.1, 0.15) is 31.2 Å². The fourth-order valence-corrected chi connectivity index (χ4v) is 2.65. The maximum atomic E-state index is 5.75. The van der Waals surface area contributed by atoms with Gasteiger partial charge in [0.2, 0.25) is 0 Å². The topological polar surface area (TPSA) is 64.1 Å². The summed E-state index contributed by atoms with van der Waals surface area (Å²) in [5.41, 5.74) is 1.25. The predicted molar refractivity (Wildman–Crippen MR) is 105 cm³/mol. The molecule has 1 atom stereocenters. The number of aliphatic imine (C=N–C) groups is 1. The first kappa shape index (κ1) is 20.5. The fraction of sp³-hybridized carbons (Fsp3) is 0.650. The van der Waals surface area contributed by atoms with E-state index in [1.54, 1.807) is 7.05 Å². The van der Waals surface area contributed by atoms with Crippen molar-refractivity contribution in [3.63, 3.8) is 0 Å². The number of ether oxygens (including phenoxy) is 3. The second-order valence-electron chi connectivity index (χ2n) is 6.50. The molecule has 1 aliphatic rings. The average Bonchev–Trinajstić information content (AvgIpc) is 3.17. The van der Waals surface area contributed by atoms with Crippen LogP contribution in [-0.4, -0.2) is 58.6 Å². The van der Waals surface area contributed by atoms with Crippen LogP contribution in [0, 0.1) is 6.92 Å². The Bertz CT molecular complexity index is 514. The van der Waals surface area contributed by atoms with Gasteiger partial charge in [0.15, 0.2) is 5.96 Å². The largest absolute Gasteiger partial charge is 0.494 e. The van der Waals surface area contributed by atoms with Crippen molar-refractivity contribution in [1.82, 2.24) is 10.6 Å². The number of rotatable bonds is 11. The van der Waals surface area contributed by atoms with Crippen molar-refractivity contribution in [2.45, 2.75) is 38.7 Å². The third-order valence-electron chi connectivity index (χ3n) is 4.23. The fourth-order valence-electron chi connectivity index (χ4n) is 2.65. The van der Waals surface area contributed by atoms with E-state index in [4.69, 9.17) is 14.2 Å². The van der Waals surface area contributed by atoms with E-state index >= 15 is 0 Å². The maximum absolute atomic E-state index is 5.75. The molecule has 1 aromatic rings. The van der Waals surface area contributed by atoms with Gasteiger partial charge in [0.25, 0.3) is 0 Å². The molecule has 1 aromatic carbocycles. The van der Waals surface area contributed by atoms with Crippen molar-refractivity contribution >= 4 is 5.96 Å². The van der Waals surface area contributed by atoms with Crippen LogP contribution in [0.4, 0.5) is 0 Å². The molecule has 0 spiro atoms. The van der Waals surface area contributed by atoms with Crippen LogP contribution in [-0.2, 0) is 9.47 Å². The molecular formula is C20H33N3O3. The van der Waals surface area contributed by atoms with Gasteiger partial charge in [-0.25, -0.2) is 0 Å². The molecule has 1 fully saturated rings. The zero-order chi connectivity index (χ0) is 18.5. The zero-order valence-corrected chi connectivity index (χ0v) is 16.1. The molecule has 1 aliphatic heterocycles. The van der Waals surface area contributed by atoms with Gasteiger partial charge in [-0.3, -0.25) is 4.99 Å². The third kappa shape index (κ3) is 8.54. The van der Waals surface area contributed by atoms with Gasteiger partial charge >= 0.3 is 0 Å². The van der Waals surface area contributed by atoms with Crippen molar-refractivity contribution in [3.05, 3.63) is 29.8 Å². The smallest absolute Gasteiger partial charge is 0.190 e. The van der Waals surface area contributed by atoms with E-state index in [1.165, 1.54) is 5.56 Å². The van der Waals surface area contributed by atoms with Crippen molar-refractivity contribution in [3.8, 4) is 5.75 Å². The van der Waals surface area contributed by atoms with Crippen LogP contribution in [0.2, 0.25) is 0 Å². The summed E-state index contributed by atoms with van der Waals surface area (Å²) in [7, 11) is 1.79. The van der Waals surface area contributed by atoms with Crippen LogP contribution in [0.15, 0.2) is 29.3 Å². The molecule has 0 aliphatic carbocycles. The number of aryl methyl sites for hydroxylation is 1. The summed E-state index contributed by atoms with van der Waals surface area (Å²) in [5, 5.41) is 6.64. The number of unbranched alkanes of at least 4 members (excludes halogenated alkanes) is 1. The number of nitrogens with one attached hydrogen (secondary N) is 2. The molecule has 0 aromatic heterocycles. The summed E-state index contributed by atoms with van der Waals surface area (Å²) >= 11 is 0. The highest BCUT2D eigenvalue weighted by atomic mass is 16.5. The lowest BCUT2D eigenvalue weighted by molar-refractivity contribution is 0.0420. The van der Waals surface area contributed by atoms with Gasteiger partial charge in [0, 0.05) is 33.4 Å². The molecule has 146 valence electrons. The first-order valence-electron chi connectivity index (χ1n) is 9.61. The zero-order valence-electron chi connectivity index (χ0n) is 16.1. The highest BCUT2D eigenvalue weighted by molar-refractivity contribution is 5.79. The lowest BCUT2D eigenvalue weighted by atomic mass is 10.2. The SMILES string of the molecule is CN=C(NCCCCOc1ccc(C)cc1)NCCCOC1CCOC1. The van der Waals surface area contributed by atoms with E-state index in [1.807, 2.05) is 12.1 Å². The predicted octanol–water partition coefficient (Wildman–Crippen LogP) is 2.51. The number of hydrogen-bond donors (Lipinski definition) is 2. The molecule has 0 bridgehead atoms. The Morgan fingerprint density at radius 1 is 1.12 bits per heavy atom. The molecule has 1 saturated heterocycles. The Hall–Kier alpha value is -1.79. The molecule has 2 N–H and O–H groups in total. The van der Waals surface area contributed by atoms with Gasteiger partial charge in [-0.15, -0.1) is 0 Å². The van der Waals surface area contributed by atoms with Gasteiger partial charge in [0.05, 0.1) is 19.3 Å². The Kier molecular flexibility index (Phi) is 9.90. The van der Waals surface area contributed by atoms with Crippen LogP contribution < -0.4 is 15.4 Å². The summed E-state index contributed by atoms with van der Waals surface area (Å²) in [6, 6.07) is 8.17. The Labute approximate surface area is 157 Å². The van der Waals surface area contributed by atoms with Gasteiger partial charge in [-0.2, -0.15) is 0 Å². The molecule has 1 unspecified atom stereocenters. The lowest BCUT2D eigenvalue weighted by Gasteiger charge is -2.13.